The molecule has 0 radical (unpaired) electrons. The highest BCUT2D eigenvalue weighted by Crippen LogP contribution is 2.36. The number of para-hydroxylation sites is 1. The Morgan fingerprint density at radius 3 is 2.68 bits per heavy atom. The summed E-state index contributed by atoms with van der Waals surface area (Å²) in [4.78, 5) is 0. The molecule has 0 aliphatic rings. The molecule has 102 valence electrons. The molecule has 0 atom stereocenters. The van der Waals surface area contributed by atoms with E-state index in [0.717, 1.165) is 29.0 Å². The van der Waals surface area contributed by atoms with Gasteiger partial charge in [0.05, 0.1) is 25.0 Å². The average Bonchev–Trinajstić information content (AvgIpc) is 2.71. The number of aryl methyl sites for hydroxylation is 1. The Balaban J connectivity index is 2.53. The molecular weight excluding hydrogens is 242 g/mol. The first-order chi connectivity index (χ1) is 9.19. The molecule has 1 heterocycles. The molecule has 0 saturated carbocycles. The van der Waals surface area contributed by atoms with Crippen molar-refractivity contribution in [1.82, 2.24) is 9.78 Å². The molecule has 5 heteroatoms. The third kappa shape index (κ3) is 2.56. The van der Waals surface area contributed by atoms with E-state index in [4.69, 9.17) is 15.2 Å². The van der Waals surface area contributed by atoms with Crippen LogP contribution in [-0.4, -0.2) is 30.6 Å². The lowest BCUT2D eigenvalue weighted by Crippen LogP contribution is -1.98. The van der Waals surface area contributed by atoms with Crippen molar-refractivity contribution in [2.24, 2.45) is 7.05 Å². The minimum absolute atomic E-state index is 0.610. The van der Waals surface area contributed by atoms with E-state index in [-0.39, 0.29) is 0 Å². The van der Waals surface area contributed by atoms with Gasteiger partial charge in [-0.3, -0.25) is 4.68 Å². The van der Waals surface area contributed by atoms with Gasteiger partial charge >= 0.3 is 0 Å². The van der Waals surface area contributed by atoms with Gasteiger partial charge in [-0.1, -0.05) is 18.2 Å². The summed E-state index contributed by atoms with van der Waals surface area (Å²) in [6.07, 6.45) is 0.717. The number of rotatable bonds is 5. The van der Waals surface area contributed by atoms with Crippen molar-refractivity contribution >= 4 is 5.82 Å². The van der Waals surface area contributed by atoms with Crippen molar-refractivity contribution in [3.8, 4) is 16.9 Å². The SMILES string of the molecule is COCCc1nn(C)c(N)c1-c1ccccc1OC. The summed E-state index contributed by atoms with van der Waals surface area (Å²) in [6, 6.07) is 7.80. The zero-order valence-electron chi connectivity index (χ0n) is 11.5. The number of methoxy groups -OCH3 is 2. The average molecular weight is 261 g/mol. The van der Waals surface area contributed by atoms with Gasteiger partial charge in [0.1, 0.15) is 11.6 Å². The number of hydrogen-bond acceptors (Lipinski definition) is 4. The zero-order valence-corrected chi connectivity index (χ0v) is 11.5. The summed E-state index contributed by atoms with van der Waals surface area (Å²) in [5.74, 6) is 1.43. The predicted molar refractivity (Wildman–Crippen MR) is 75.2 cm³/mol. The van der Waals surface area contributed by atoms with Crippen LogP contribution in [0.2, 0.25) is 0 Å². The summed E-state index contributed by atoms with van der Waals surface area (Å²) in [5, 5.41) is 4.46. The first-order valence-electron chi connectivity index (χ1n) is 6.12. The van der Waals surface area contributed by atoms with E-state index in [1.807, 2.05) is 31.3 Å². The van der Waals surface area contributed by atoms with Crippen LogP contribution in [0.25, 0.3) is 11.1 Å². The van der Waals surface area contributed by atoms with Gasteiger partial charge < -0.3 is 15.2 Å². The molecule has 0 amide bonds. The molecule has 2 N–H and O–H groups in total. The molecule has 0 fully saturated rings. The Labute approximate surface area is 112 Å². The Bertz CT molecular complexity index is 564. The molecule has 1 aromatic carbocycles. The van der Waals surface area contributed by atoms with E-state index in [1.165, 1.54) is 0 Å². The molecule has 0 unspecified atom stereocenters. The van der Waals surface area contributed by atoms with Crippen LogP contribution in [0.4, 0.5) is 5.82 Å². The van der Waals surface area contributed by atoms with E-state index in [2.05, 4.69) is 5.10 Å². The molecular formula is C14H19N3O2. The normalized spacial score (nSPS) is 10.7. The van der Waals surface area contributed by atoms with Crippen molar-refractivity contribution in [2.45, 2.75) is 6.42 Å². The second-order valence-electron chi connectivity index (χ2n) is 4.27. The van der Waals surface area contributed by atoms with Crippen LogP contribution < -0.4 is 10.5 Å². The number of nitrogen functional groups attached to an aromatic ring is 1. The lowest BCUT2D eigenvalue weighted by Gasteiger charge is -2.09. The van der Waals surface area contributed by atoms with E-state index < -0.39 is 0 Å². The maximum absolute atomic E-state index is 6.13. The Morgan fingerprint density at radius 1 is 1.26 bits per heavy atom. The highest BCUT2D eigenvalue weighted by Gasteiger charge is 2.18. The van der Waals surface area contributed by atoms with Crippen LogP contribution in [-0.2, 0) is 18.2 Å². The lowest BCUT2D eigenvalue weighted by molar-refractivity contribution is 0.201. The van der Waals surface area contributed by atoms with Gasteiger partial charge in [-0.05, 0) is 6.07 Å². The van der Waals surface area contributed by atoms with Gasteiger partial charge in [-0.25, -0.2) is 0 Å². The standard InChI is InChI=1S/C14H19N3O2/c1-17-14(15)13(11(16-17)8-9-18-2)10-6-4-5-7-12(10)19-3/h4-7H,8-9,15H2,1-3H3. The van der Waals surface area contributed by atoms with Gasteiger partial charge in [-0.15, -0.1) is 0 Å². The number of ether oxygens (including phenoxy) is 2. The first kappa shape index (κ1) is 13.4. The topological polar surface area (TPSA) is 62.3 Å². The summed E-state index contributed by atoms with van der Waals surface area (Å²) in [7, 11) is 5.17. The molecule has 1 aromatic heterocycles. The number of anilines is 1. The fourth-order valence-corrected chi connectivity index (χ4v) is 2.11. The number of nitrogens with two attached hydrogens (primary N) is 1. The fourth-order valence-electron chi connectivity index (χ4n) is 2.11. The second kappa shape index (κ2) is 5.75. The minimum atomic E-state index is 0.610. The monoisotopic (exact) mass is 261 g/mol. The third-order valence-electron chi connectivity index (χ3n) is 3.08. The number of hydrogen-bond donors (Lipinski definition) is 1. The maximum Gasteiger partial charge on any atom is 0.129 e. The first-order valence-corrected chi connectivity index (χ1v) is 6.12. The number of aromatic nitrogens is 2. The summed E-state index contributed by atoms with van der Waals surface area (Å²) >= 11 is 0. The van der Waals surface area contributed by atoms with Crippen LogP contribution in [0.5, 0.6) is 5.75 Å². The van der Waals surface area contributed by atoms with E-state index in [1.54, 1.807) is 18.9 Å². The van der Waals surface area contributed by atoms with E-state index in [0.29, 0.717) is 12.4 Å². The fraction of sp³-hybridized carbons (Fsp3) is 0.357. The van der Waals surface area contributed by atoms with Gasteiger partial charge in [0, 0.05) is 26.1 Å². The molecule has 5 nitrogen and oxygen atoms in total. The quantitative estimate of drug-likeness (QED) is 0.892. The van der Waals surface area contributed by atoms with E-state index in [9.17, 15) is 0 Å². The van der Waals surface area contributed by atoms with Crippen LogP contribution in [0, 0.1) is 0 Å². The molecule has 2 rings (SSSR count). The van der Waals surface area contributed by atoms with E-state index >= 15 is 0 Å². The van der Waals surface area contributed by atoms with Crippen molar-refractivity contribution in [3.63, 3.8) is 0 Å². The molecule has 0 saturated heterocycles. The molecule has 19 heavy (non-hydrogen) atoms. The molecule has 2 aromatic rings. The van der Waals surface area contributed by atoms with Crippen molar-refractivity contribution in [2.75, 3.05) is 26.6 Å². The molecule has 0 bridgehead atoms. The Hall–Kier alpha value is -2.01. The zero-order chi connectivity index (χ0) is 13.8. The van der Waals surface area contributed by atoms with Crippen LogP contribution >= 0.6 is 0 Å². The minimum Gasteiger partial charge on any atom is -0.496 e. The van der Waals surface area contributed by atoms with Gasteiger partial charge in [0.25, 0.3) is 0 Å². The van der Waals surface area contributed by atoms with Gasteiger partial charge in [0.2, 0.25) is 0 Å². The maximum atomic E-state index is 6.13. The highest BCUT2D eigenvalue weighted by atomic mass is 16.5. The van der Waals surface area contributed by atoms with Crippen molar-refractivity contribution < 1.29 is 9.47 Å². The smallest absolute Gasteiger partial charge is 0.129 e. The summed E-state index contributed by atoms with van der Waals surface area (Å²) in [5.41, 5.74) is 8.95. The van der Waals surface area contributed by atoms with Gasteiger partial charge in [0.15, 0.2) is 0 Å². The van der Waals surface area contributed by atoms with Gasteiger partial charge in [-0.2, -0.15) is 5.10 Å². The molecule has 0 spiro atoms. The Kier molecular flexibility index (Phi) is 4.06. The Morgan fingerprint density at radius 2 is 2.00 bits per heavy atom. The highest BCUT2D eigenvalue weighted by molar-refractivity contribution is 5.81. The second-order valence-corrected chi connectivity index (χ2v) is 4.27. The number of benzene rings is 1. The van der Waals surface area contributed by atoms with Crippen LogP contribution in [0.15, 0.2) is 24.3 Å². The third-order valence-corrected chi connectivity index (χ3v) is 3.08. The molecule has 0 aliphatic carbocycles. The van der Waals surface area contributed by atoms with Crippen molar-refractivity contribution in [3.05, 3.63) is 30.0 Å². The predicted octanol–water partition coefficient (Wildman–Crippen LogP) is 1.87. The largest absolute Gasteiger partial charge is 0.496 e. The number of nitrogens with zero attached hydrogens (tertiary/aromatic N) is 2. The van der Waals surface area contributed by atoms with Crippen molar-refractivity contribution in [1.29, 1.82) is 0 Å². The summed E-state index contributed by atoms with van der Waals surface area (Å²) in [6.45, 7) is 0.610. The summed E-state index contributed by atoms with van der Waals surface area (Å²) < 4.78 is 12.2. The van der Waals surface area contributed by atoms with Crippen LogP contribution in [0.1, 0.15) is 5.69 Å². The molecule has 0 aliphatic heterocycles. The lowest BCUT2D eigenvalue weighted by atomic mass is 10.0. The van der Waals surface area contributed by atoms with Crippen LogP contribution in [0.3, 0.4) is 0 Å².